The summed E-state index contributed by atoms with van der Waals surface area (Å²) in [4.78, 5) is 6.95. The van der Waals surface area contributed by atoms with Crippen molar-refractivity contribution in [2.24, 2.45) is 0 Å². The van der Waals surface area contributed by atoms with E-state index in [9.17, 15) is 0 Å². The second-order valence-electron chi connectivity index (χ2n) is 5.12. The number of benzene rings is 1. The molecule has 0 spiro atoms. The highest BCUT2D eigenvalue weighted by atomic mass is 16.5. The molecule has 0 bridgehead atoms. The fourth-order valence-corrected chi connectivity index (χ4v) is 2.87. The average molecular weight is 287 g/mol. The fraction of sp³-hybridized carbons (Fsp3) is 0.438. The van der Waals surface area contributed by atoms with E-state index in [0.29, 0.717) is 0 Å². The Morgan fingerprint density at radius 2 is 1.95 bits per heavy atom. The molecule has 21 heavy (non-hydrogen) atoms. The predicted molar refractivity (Wildman–Crippen MR) is 84.5 cm³/mol. The highest BCUT2D eigenvalue weighted by molar-refractivity contribution is 5.97. The van der Waals surface area contributed by atoms with Crippen molar-refractivity contribution in [1.82, 2.24) is 10.3 Å². The van der Waals surface area contributed by atoms with Crippen LogP contribution >= 0.6 is 0 Å². The summed E-state index contributed by atoms with van der Waals surface area (Å²) in [7, 11) is 3.33. The molecule has 0 amide bonds. The van der Waals surface area contributed by atoms with E-state index in [0.717, 1.165) is 60.7 Å². The molecular weight excluding hydrogens is 266 g/mol. The Hall–Kier alpha value is -2.01. The minimum atomic E-state index is 0.750. The first-order chi connectivity index (χ1) is 10.3. The summed E-state index contributed by atoms with van der Waals surface area (Å²) in [5.74, 6) is 2.54. The Labute approximate surface area is 124 Å². The van der Waals surface area contributed by atoms with Crippen molar-refractivity contribution in [3.8, 4) is 11.5 Å². The number of hydrogen-bond donors (Lipinski definition) is 1. The molecule has 0 aliphatic carbocycles. The highest BCUT2D eigenvalue weighted by Crippen LogP contribution is 2.38. The number of nitrogens with zero attached hydrogens (tertiary/aromatic N) is 2. The van der Waals surface area contributed by atoms with Gasteiger partial charge in [-0.15, -0.1) is 0 Å². The molecule has 1 aromatic carbocycles. The lowest BCUT2D eigenvalue weighted by Gasteiger charge is -2.23. The largest absolute Gasteiger partial charge is 0.493 e. The summed E-state index contributed by atoms with van der Waals surface area (Å²) in [6.07, 6.45) is 2.98. The van der Waals surface area contributed by atoms with E-state index in [1.165, 1.54) is 0 Å². The predicted octanol–water partition coefficient (Wildman–Crippen LogP) is 2.05. The van der Waals surface area contributed by atoms with Gasteiger partial charge in [-0.1, -0.05) is 0 Å². The number of pyridine rings is 1. The molecule has 1 aliphatic heterocycles. The van der Waals surface area contributed by atoms with Gasteiger partial charge in [0.2, 0.25) is 0 Å². The SMILES string of the molecule is COc1ccc2c(N3CCCNCC3)nccc2c1OC. The lowest BCUT2D eigenvalue weighted by atomic mass is 10.1. The van der Waals surface area contributed by atoms with Crippen LogP contribution in [0.25, 0.3) is 10.8 Å². The Kier molecular flexibility index (Phi) is 4.10. The number of ether oxygens (including phenoxy) is 2. The third-order valence-corrected chi connectivity index (χ3v) is 3.90. The van der Waals surface area contributed by atoms with Crippen molar-refractivity contribution in [3.63, 3.8) is 0 Å². The zero-order chi connectivity index (χ0) is 14.7. The number of fused-ring (bicyclic) bond motifs is 1. The molecule has 1 N–H and O–H groups in total. The van der Waals surface area contributed by atoms with Gasteiger partial charge in [0.05, 0.1) is 14.2 Å². The topological polar surface area (TPSA) is 46.6 Å². The molecule has 1 saturated heterocycles. The van der Waals surface area contributed by atoms with Crippen molar-refractivity contribution >= 4 is 16.6 Å². The summed E-state index contributed by atoms with van der Waals surface area (Å²) in [5.41, 5.74) is 0. The number of rotatable bonds is 3. The molecule has 112 valence electrons. The monoisotopic (exact) mass is 287 g/mol. The maximum absolute atomic E-state index is 5.53. The van der Waals surface area contributed by atoms with Crippen LogP contribution in [0.1, 0.15) is 6.42 Å². The minimum Gasteiger partial charge on any atom is -0.493 e. The second kappa shape index (κ2) is 6.18. The van der Waals surface area contributed by atoms with E-state index in [2.05, 4.69) is 21.3 Å². The molecule has 3 rings (SSSR count). The van der Waals surface area contributed by atoms with E-state index < -0.39 is 0 Å². The minimum absolute atomic E-state index is 0.750. The van der Waals surface area contributed by atoms with E-state index in [1.54, 1.807) is 14.2 Å². The van der Waals surface area contributed by atoms with Gasteiger partial charge in [0.25, 0.3) is 0 Å². The maximum Gasteiger partial charge on any atom is 0.168 e. The first-order valence-electron chi connectivity index (χ1n) is 7.30. The van der Waals surface area contributed by atoms with Crippen LogP contribution in [0.4, 0.5) is 5.82 Å². The first-order valence-corrected chi connectivity index (χ1v) is 7.30. The van der Waals surface area contributed by atoms with Gasteiger partial charge in [0.1, 0.15) is 5.82 Å². The highest BCUT2D eigenvalue weighted by Gasteiger charge is 2.17. The number of anilines is 1. The van der Waals surface area contributed by atoms with Crippen LogP contribution in [0.3, 0.4) is 0 Å². The number of aromatic nitrogens is 1. The van der Waals surface area contributed by atoms with Gasteiger partial charge in [-0.2, -0.15) is 0 Å². The number of methoxy groups -OCH3 is 2. The molecule has 5 heteroatoms. The van der Waals surface area contributed by atoms with E-state index >= 15 is 0 Å². The van der Waals surface area contributed by atoms with Crippen LogP contribution in [-0.4, -0.2) is 45.4 Å². The average Bonchev–Trinajstić information content (AvgIpc) is 2.82. The van der Waals surface area contributed by atoms with E-state index in [1.807, 2.05) is 18.3 Å². The van der Waals surface area contributed by atoms with Crippen molar-refractivity contribution < 1.29 is 9.47 Å². The second-order valence-corrected chi connectivity index (χ2v) is 5.12. The fourth-order valence-electron chi connectivity index (χ4n) is 2.87. The molecule has 1 aliphatic rings. The third kappa shape index (κ3) is 2.61. The Morgan fingerprint density at radius 3 is 2.76 bits per heavy atom. The zero-order valence-electron chi connectivity index (χ0n) is 12.6. The standard InChI is InChI=1S/C16H21N3O2/c1-20-14-5-4-13-12(15(14)21-2)6-8-18-16(13)19-10-3-7-17-9-11-19/h4-6,8,17H,3,7,9-11H2,1-2H3. The maximum atomic E-state index is 5.53. The van der Waals surface area contributed by atoms with Gasteiger partial charge < -0.3 is 19.7 Å². The first kappa shape index (κ1) is 13.9. The van der Waals surface area contributed by atoms with Gasteiger partial charge in [-0.3, -0.25) is 0 Å². The van der Waals surface area contributed by atoms with Crippen molar-refractivity contribution in [2.75, 3.05) is 45.3 Å². The number of hydrogen-bond acceptors (Lipinski definition) is 5. The lowest BCUT2D eigenvalue weighted by molar-refractivity contribution is 0.358. The van der Waals surface area contributed by atoms with Crippen LogP contribution in [0.2, 0.25) is 0 Å². The van der Waals surface area contributed by atoms with Crippen molar-refractivity contribution in [2.45, 2.75) is 6.42 Å². The summed E-state index contributed by atoms with van der Waals surface area (Å²) < 4.78 is 10.9. The molecule has 0 radical (unpaired) electrons. The molecular formula is C16H21N3O2. The number of nitrogens with one attached hydrogen (secondary N) is 1. The van der Waals surface area contributed by atoms with Crippen LogP contribution in [0, 0.1) is 0 Å². The van der Waals surface area contributed by atoms with Crippen LogP contribution in [-0.2, 0) is 0 Å². The summed E-state index contributed by atoms with van der Waals surface area (Å²) in [6.45, 7) is 4.05. The summed E-state index contributed by atoms with van der Waals surface area (Å²) >= 11 is 0. The van der Waals surface area contributed by atoms with Gasteiger partial charge in [-0.05, 0) is 31.2 Å². The summed E-state index contributed by atoms with van der Waals surface area (Å²) in [6, 6.07) is 6.00. The summed E-state index contributed by atoms with van der Waals surface area (Å²) in [5, 5.41) is 5.57. The Balaban J connectivity index is 2.11. The molecule has 5 nitrogen and oxygen atoms in total. The van der Waals surface area contributed by atoms with Gasteiger partial charge in [0.15, 0.2) is 11.5 Å². The zero-order valence-corrected chi connectivity index (χ0v) is 12.6. The van der Waals surface area contributed by atoms with Crippen LogP contribution in [0.5, 0.6) is 11.5 Å². The normalized spacial score (nSPS) is 15.8. The Bertz CT molecular complexity index is 622. The molecule has 0 atom stereocenters. The van der Waals surface area contributed by atoms with Crippen LogP contribution < -0.4 is 19.7 Å². The van der Waals surface area contributed by atoms with Gasteiger partial charge in [-0.25, -0.2) is 4.98 Å². The van der Waals surface area contributed by atoms with E-state index in [4.69, 9.17) is 9.47 Å². The smallest absolute Gasteiger partial charge is 0.168 e. The van der Waals surface area contributed by atoms with Crippen molar-refractivity contribution in [3.05, 3.63) is 24.4 Å². The molecule has 1 fully saturated rings. The van der Waals surface area contributed by atoms with Gasteiger partial charge in [0, 0.05) is 36.6 Å². The molecule has 2 aromatic rings. The molecule has 1 aromatic heterocycles. The quantitative estimate of drug-likeness (QED) is 0.936. The van der Waals surface area contributed by atoms with E-state index in [-0.39, 0.29) is 0 Å². The molecule has 0 unspecified atom stereocenters. The molecule has 2 heterocycles. The van der Waals surface area contributed by atoms with Gasteiger partial charge >= 0.3 is 0 Å². The van der Waals surface area contributed by atoms with Crippen LogP contribution in [0.15, 0.2) is 24.4 Å². The lowest BCUT2D eigenvalue weighted by Crippen LogP contribution is -2.28. The third-order valence-electron chi connectivity index (χ3n) is 3.90. The molecule has 0 saturated carbocycles. The Morgan fingerprint density at radius 1 is 1.05 bits per heavy atom. The van der Waals surface area contributed by atoms with Crippen molar-refractivity contribution in [1.29, 1.82) is 0 Å².